The van der Waals surface area contributed by atoms with E-state index in [2.05, 4.69) is 15.9 Å². The molecule has 0 saturated carbocycles. The minimum absolute atomic E-state index is 0.0455. The summed E-state index contributed by atoms with van der Waals surface area (Å²) in [5.41, 5.74) is 1.000. The van der Waals surface area contributed by atoms with Crippen molar-refractivity contribution in [2.24, 2.45) is 0 Å². The Balaban J connectivity index is 2.42. The van der Waals surface area contributed by atoms with Gasteiger partial charge in [0.2, 0.25) is 0 Å². The second-order valence-corrected chi connectivity index (χ2v) is 4.41. The molecule has 3 nitrogen and oxygen atoms in total. The Kier molecular flexibility index (Phi) is 5.49. The molecule has 0 bridgehead atoms. The smallest absolute Gasteiger partial charge is 0.308 e. The molecule has 0 amide bonds. The van der Waals surface area contributed by atoms with E-state index in [4.69, 9.17) is 4.74 Å². The number of carbonyl (C=O) groups excluding carboxylic acids is 1. The molecule has 0 heterocycles. The lowest BCUT2D eigenvalue weighted by Gasteiger charge is -2.09. The molecule has 0 radical (unpaired) electrons. The summed E-state index contributed by atoms with van der Waals surface area (Å²) in [5.74, 6) is -0.355. The molecule has 88 valence electrons. The van der Waals surface area contributed by atoms with Crippen LogP contribution in [0.3, 0.4) is 0 Å². The first-order valence-corrected chi connectivity index (χ1v) is 5.99. The van der Waals surface area contributed by atoms with Crippen LogP contribution in [0, 0.1) is 0 Å². The topological polar surface area (TPSA) is 46.5 Å². The lowest BCUT2D eigenvalue weighted by molar-refractivity contribution is -0.145. The molecule has 0 aromatic heterocycles. The molecule has 1 aromatic rings. The number of aliphatic hydroxyl groups excluding tert-OH is 1. The number of hydrogen-bond donors (Lipinski definition) is 1. The molecule has 1 N–H and O–H groups in total. The molecule has 0 spiro atoms. The van der Waals surface area contributed by atoms with Crippen molar-refractivity contribution in [1.82, 2.24) is 0 Å². The molecule has 4 heteroatoms. The quantitative estimate of drug-likeness (QED) is 0.845. The van der Waals surface area contributed by atoms with Gasteiger partial charge in [-0.05, 0) is 31.0 Å². The Bertz CT molecular complexity index is 335. The number of esters is 1. The van der Waals surface area contributed by atoms with Gasteiger partial charge in [0.1, 0.15) is 0 Å². The lowest BCUT2D eigenvalue weighted by Crippen LogP contribution is -2.18. The molecule has 0 aliphatic heterocycles. The number of aliphatic hydroxyl groups is 1. The summed E-state index contributed by atoms with van der Waals surface area (Å²) in [6, 6.07) is 7.65. The number of hydrogen-bond acceptors (Lipinski definition) is 3. The number of rotatable bonds is 5. The first-order chi connectivity index (χ1) is 7.61. The van der Waals surface area contributed by atoms with Crippen molar-refractivity contribution in [3.63, 3.8) is 0 Å². The first kappa shape index (κ1) is 13.2. The zero-order valence-electron chi connectivity index (χ0n) is 9.15. The van der Waals surface area contributed by atoms with E-state index in [0.717, 1.165) is 10.0 Å². The summed E-state index contributed by atoms with van der Waals surface area (Å²) < 4.78 is 5.76. The SMILES string of the molecule is CCOC(=O)CC(O)Cc1ccc(Br)cc1. The molecular weight excluding hydrogens is 272 g/mol. The van der Waals surface area contributed by atoms with Crippen molar-refractivity contribution in [3.8, 4) is 0 Å². The van der Waals surface area contributed by atoms with Gasteiger partial charge in [-0.15, -0.1) is 0 Å². The molecule has 0 aliphatic rings. The summed E-state index contributed by atoms with van der Waals surface area (Å²) in [7, 11) is 0. The van der Waals surface area contributed by atoms with Crippen molar-refractivity contribution in [1.29, 1.82) is 0 Å². The summed E-state index contributed by atoms with van der Waals surface area (Å²) in [5, 5.41) is 9.66. The molecule has 0 aliphatic carbocycles. The highest BCUT2D eigenvalue weighted by molar-refractivity contribution is 9.10. The number of carbonyl (C=O) groups is 1. The van der Waals surface area contributed by atoms with Crippen LogP contribution in [0.25, 0.3) is 0 Å². The highest BCUT2D eigenvalue weighted by Gasteiger charge is 2.12. The van der Waals surface area contributed by atoms with E-state index in [1.165, 1.54) is 0 Å². The van der Waals surface area contributed by atoms with E-state index in [1.807, 2.05) is 24.3 Å². The minimum atomic E-state index is -0.680. The molecule has 0 saturated heterocycles. The third-order valence-electron chi connectivity index (χ3n) is 2.09. The standard InChI is InChI=1S/C12H15BrO3/c1-2-16-12(15)8-11(14)7-9-3-5-10(13)6-4-9/h3-6,11,14H,2,7-8H2,1H3. The van der Waals surface area contributed by atoms with Gasteiger partial charge in [0.25, 0.3) is 0 Å². The zero-order chi connectivity index (χ0) is 12.0. The second-order valence-electron chi connectivity index (χ2n) is 3.49. The van der Waals surface area contributed by atoms with Gasteiger partial charge in [-0.1, -0.05) is 28.1 Å². The van der Waals surface area contributed by atoms with E-state index in [0.29, 0.717) is 13.0 Å². The molecular formula is C12H15BrO3. The molecule has 1 unspecified atom stereocenters. The molecule has 1 atom stereocenters. The Hall–Kier alpha value is -0.870. The average molecular weight is 287 g/mol. The van der Waals surface area contributed by atoms with Crippen LogP contribution in [0.15, 0.2) is 28.7 Å². The van der Waals surface area contributed by atoms with Crippen molar-refractivity contribution in [3.05, 3.63) is 34.3 Å². The van der Waals surface area contributed by atoms with Crippen LogP contribution in [0.4, 0.5) is 0 Å². The maximum Gasteiger partial charge on any atom is 0.308 e. The fourth-order valence-electron chi connectivity index (χ4n) is 1.38. The normalized spacial score (nSPS) is 12.2. The highest BCUT2D eigenvalue weighted by Crippen LogP contribution is 2.12. The predicted molar refractivity (Wildman–Crippen MR) is 65.1 cm³/mol. The van der Waals surface area contributed by atoms with Crippen LogP contribution in [-0.4, -0.2) is 23.8 Å². The van der Waals surface area contributed by atoms with Crippen LogP contribution < -0.4 is 0 Å². The van der Waals surface area contributed by atoms with Crippen molar-refractivity contribution in [2.45, 2.75) is 25.9 Å². The minimum Gasteiger partial charge on any atom is -0.466 e. The van der Waals surface area contributed by atoms with Gasteiger partial charge in [0, 0.05) is 4.47 Å². The fourth-order valence-corrected chi connectivity index (χ4v) is 1.64. The van der Waals surface area contributed by atoms with Gasteiger partial charge in [-0.3, -0.25) is 4.79 Å². The highest BCUT2D eigenvalue weighted by atomic mass is 79.9. The van der Waals surface area contributed by atoms with Crippen molar-refractivity contribution >= 4 is 21.9 Å². The number of ether oxygens (including phenoxy) is 1. The van der Waals surface area contributed by atoms with Gasteiger partial charge >= 0.3 is 5.97 Å². The maximum atomic E-state index is 11.1. The Morgan fingerprint density at radius 1 is 1.44 bits per heavy atom. The van der Waals surface area contributed by atoms with Crippen LogP contribution in [0.5, 0.6) is 0 Å². The molecule has 1 rings (SSSR count). The van der Waals surface area contributed by atoms with Gasteiger partial charge in [0.05, 0.1) is 19.1 Å². The van der Waals surface area contributed by atoms with Gasteiger partial charge < -0.3 is 9.84 Å². The zero-order valence-corrected chi connectivity index (χ0v) is 10.7. The summed E-state index contributed by atoms with van der Waals surface area (Å²) in [6.07, 6.45) is -0.170. The largest absolute Gasteiger partial charge is 0.466 e. The van der Waals surface area contributed by atoms with Crippen molar-refractivity contribution in [2.75, 3.05) is 6.61 Å². The predicted octanol–water partition coefficient (Wildman–Crippen LogP) is 2.31. The lowest BCUT2D eigenvalue weighted by atomic mass is 10.1. The van der Waals surface area contributed by atoms with E-state index >= 15 is 0 Å². The van der Waals surface area contributed by atoms with Crippen LogP contribution in [-0.2, 0) is 16.0 Å². The monoisotopic (exact) mass is 286 g/mol. The number of benzene rings is 1. The third-order valence-corrected chi connectivity index (χ3v) is 2.62. The van der Waals surface area contributed by atoms with Gasteiger partial charge in [-0.2, -0.15) is 0 Å². The summed E-state index contributed by atoms with van der Waals surface area (Å²) in [4.78, 5) is 11.1. The van der Waals surface area contributed by atoms with Gasteiger partial charge in [0.15, 0.2) is 0 Å². The number of halogens is 1. The van der Waals surface area contributed by atoms with Crippen LogP contribution in [0.1, 0.15) is 18.9 Å². The molecule has 16 heavy (non-hydrogen) atoms. The Labute approximate surface area is 104 Å². The molecule has 1 aromatic carbocycles. The maximum absolute atomic E-state index is 11.1. The Morgan fingerprint density at radius 3 is 2.62 bits per heavy atom. The molecule has 0 fully saturated rings. The first-order valence-electron chi connectivity index (χ1n) is 5.20. The van der Waals surface area contributed by atoms with E-state index in [9.17, 15) is 9.90 Å². The van der Waals surface area contributed by atoms with E-state index in [1.54, 1.807) is 6.92 Å². The van der Waals surface area contributed by atoms with E-state index in [-0.39, 0.29) is 12.4 Å². The average Bonchev–Trinajstić information content (AvgIpc) is 2.21. The second kappa shape index (κ2) is 6.66. The third kappa shape index (κ3) is 4.77. The van der Waals surface area contributed by atoms with Crippen LogP contribution in [0.2, 0.25) is 0 Å². The summed E-state index contributed by atoms with van der Waals surface area (Å²) >= 11 is 3.34. The summed E-state index contributed by atoms with van der Waals surface area (Å²) in [6.45, 7) is 2.10. The van der Waals surface area contributed by atoms with E-state index < -0.39 is 6.10 Å². The fraction of sp³-hybridized carbons (Fsp3) is 0.417. The van der Waals surface area contributed by atoms with Crippen molar-refractivity contribution < 1.29 is 14.6 Å². The van der Waals surface area contributed by atoms with Gasteiger partial charge in [-0.25, -0.2) is 0 Å². The Morgan fingerprint density at radius 2 is 2.06 bits per heavy atom. The van der Waals surface area contributed by atoms with Crippen LogP contribution >= 0.6 is 15.9 Å².